The minimum absolute atomic E-state index is 0.0211. The van der Waals surface area contributed by atoms with Gasteiger partial charge in [0, 0.05) is 24.8 Å². The van der Waals surface area contributed by atoms with Crippen LogP contribution in [0, 0.1) is 13.8 Å². The molecule has 1 aliphatic heterocycles. The van der Waals surface area contributed by atoms with Crippen LogP contribution in [0.1, 0.15) is 24.1 Å². The highest BCUT2D eigenvalue weighted by Gasteiger charge is 2.23. The molecule has 0 spiro atoms. The van der Waals surface area contributed by atoms with E-state index in [0.717, 1.165) is 29.9 Å². The van der Waals surface area contributed by atoms with Crippen molar-refractivity contribution < 1.29 is 4.79 Å². The van der Waals surface area contributed by atoms with Gasteiger partial charge < -0.3 is 10.2 Å². The minimum atomic E-state index is -0.172. The van der Waals surface area contributed by atoms with Gasteiger partial charge in [-0.1, -0.05) is 18.2 Å². The van der Waals surface area contributed by atoms with Crippen LogP contribution in [-0.4, -0.2) is 44.5 Å². The van der Waals surface area contributed by atoms with E-state index in [9.17, 15) is 9.59 Å². The molecule has 0 atom stereocenters. The molecule has 0 aliphatic carbocycles. The number of hydrogen-bond acceptors (Lipinski definition) is 5. The monoisotopic (exact) mass is 391 g/mol. The first-order valence-corrected chi connectivity index (χ1v) is 9.94. The lowest BCUT2D eigenvalue weighted by Crippen LogP contribution is -2.44. The summed E-state index contributed by atoms with van der Waals surface area (Å²) in [6, 6.07) is 11.7. The van der Waals surface area contributed by atoms with Crippen LogP contribution in [0.5, 0.6) is 0 Å². The molecule has 1 amide bonds. The molecule has 7 nitrogen and oxygen atoms in total. The Morgan fingerprint density at radius 2 is 1.90 bits per heavy atom. The van der Waals surface area contributed by atoms with Crippen LogP contribution in [0.2, 0.25) is 0 Å². The van der Waals surface area contributed by atoms with Crippen molar-refractivity contribution in [2.45, 2.75) is 39.3 Å². The van der Waals surface area contributed by atoms with Gasteiger partial charge in [-0.2, -0.15) is 0 Å². The van der Waals surface area contributed by atoms with E-state index in [4.69, 9.17) is 0 Å². The standard InChI is InChI=1S/C22H25N5O2/c1-15-5-3-7-18-21(15)23-14-27(22(18)29)13-20(28)26-11-9-17(10-12-26)25-19-8-4-6-16(2)24-19/h3-8,14,17H,9-13H2,1-2H3,(H,24,25). The van der Waals surface area contributed by atoms with E-state index < -0.39 is 0 Å². The number of amides is 1. The average molecular weight is 391 g/mol. The predicted octanol–water partition coefficient (Wildman–Crippen LogP) is 2.51. The van der Waals surface area contributed by atoms with Gasteiger partial charge in [0.15, 0.2) is 0 Å². The smallest absolute Gasteiger partial charge is 0.261 e. The lowest BCUT2D eigenvalue weighted by molar-refractivity contribution is -0.132. The van der Waals surface area contributed by atoms with E-state index in [1.54, 1.807) is 6.07 Å². The number of carbonyl (C=O) groups is 1. The van der Waals surface area contributed by atoms with Crippen molar-refractivity contribution in [1.29, 1.82) is 0 Å². The highest BCUT2D eigenvalue weighted by molar-refractivity contribution is 5.81. The van der Waals surface area contributed by atoms with E-state index in [2.05, 4.69) is 15.3 Å². The molecule has 3 heterocycles. The summed E-state index contributed by atoms with van der Waals surface area (Å²) in [7, 11) is 0. The van der Waals surface area contributed by atoms with Crippen molar-refractivity contribution >= 4 is 22.6 Å². The number of anilines is 1. The Hall–Kier alpha value is -3.22. The minimum Gasteiger partial charge on any atom is -0.367 e. The maximum atomic E-state index is 12.7. The van der Waals surface area contributed by atoms with E-state index in [0.29, 0.717) is 30.0 Å². The third-order valence-electron chi connectivity index (χ3n) is 5.45. The Morgan fingerprint density at radius 3 is 2.66 bits per heavy atom. The Bertz CT molecular complexity index is 1100. The predicted molar refractivity (Wildman–Crippen MR) is 113 cm³/mol. The molecule has 0 bridgehead atoms. The molecule has 29 heavy (non-hydrogen) atoms. The van der Waals surface area contributed by atoms with E-state index >= 15 is 0 Å². The summed E-state index contributed by atoms with van der Waals surface area (Å²) >= 11 is 0. The van der Waals surface area contributed by atoms with E-state index in [-0.39, 0.29) is 18.0 Å². The molecule has 1 fully saturated rings. The molecule has 1 aromatic carbocycles. The number of aryl methyl sites for hydroxylation is 2. The zero-order chi connectivity index (χ0) is 20.4. The maximum absolute atomic E-state index is 12.7. The SMILES string of the molecule is Cc1cccc(NC2CCN(C(=O)Cn3cnc4c(C)cccc4c3=O)CC2)n1. The number of carbonyl (C=O) groups excluding carboxylic acids is 1. The van der Waals surface area contributed by atoms with Crippen LogP contribution in [0.15, 0.2) is 47.5 Å². The number of piperidine rings is 1. The Kier molecular flexibility index (Phi) is 5.29. The zero-order valence-corrected chi connectivity index (χ0v) is 16.8. The number of nitrogens with one attached hydrogen (secondary N) is 1. The maximum Gasteiger partial charge on any atom is 0.261 e. The molecule has 3 aromatic rings. The molecule has 1 N–H and O–H groups in total. The second-order valence-corrected chi connectivity index (χ2v) is 7.61. The van der Waals surface area contributed by atoms with Gasteiger partial charge in [-0.25, -0.2) is 9.97 Å². The number of nitrogens with zero attached hydrogens (tertiary/aromatic N) is 4. The Labute approximate surface area is 169 Å². The largest absolute Gasteiger partial charge is 0.367 e. The van der Waals surface area contributed by atoms with Crippen molar-refractivity contribution in [2.24, 2.45) is 0 Å². The van der Waals surface area contributed by atoms with Crippen LogP contribution >= 0.6 is 0 Å². The van der Waals surface area contributed by atoms with Crippen molar-refractivity contribution in [3.8, 4) is 0 Å². The normalized spacial score (nSPS) is 14.9. The van der Waals surface area contributed by atoms with Gasteiger partial charge in [-0.05, 0) is 50.5 Å². The summed E-state index contributed by atoms with van der Waals surface area (Å²) in [6.45, 7) is 5.24. The Morgan fingerprint density at radius 1 is 1.14 bits per heavy atom. The number of para-hydroxylation sites is 1. The third kappa shape index (κ3) is 4.13. The highest BCUT2D eigenvalue weighted by atomic mass is 16.2. The molecule has 4 rings (SSSR count). The summed E-state index contributed by atoms with van der Waals surface area (Å²) in [6.07, 6.45) is 3.18. The number of benzene rings is 1. The van der Waals surface area contributed by atoms with E-state index in [1.807, 2.05) is 49.1 Å². The number of pyridine rings is 1. The summed E-state index contributed by atoms with van der Waals surface area (Å²) in [5.41, 5.74) is 2.45. The van der Waals surface area contributed by atoms with E-state index in [1.165, 1.54) is 10.9 Å². The van der Waals surface area contributed by atoms with Gasteiger partial charge in [0.1, 0.15) is 12.4 Å². The Balaban J connectivity index is 1.38. The molecular formula is C22H25N5O2. The van der Waals surface area contributed by atoms with Gasteiger partial charge in [0.2, 0.25) is 5.91 Å². The van der Waals surface area contributed by atoms with Crippen LogP contribution in [0.3, 0.4) is 0 Å². The van der Waals surface area contributed by atoms with Crippen molar-refractivity contribution in [1.82, 2.24) is 19.4 Å². The molecule has 2 aromatic heterocycles. The molecule has 150 valence electrons. The van der Waals surface area contributed by atoms with Crippen LogP contribution in [0.4, 0.5) is 5.82 Å². The third-order valence-corrected chi connectivity index (χ3v) is 5.45. The molecule has 1 saturated heterocycles. The summed E-state index contributed by atoms with van der Waals surface area (Å²) in [5, 5.41) is 4.00. The lowest BCUT2D eigenvalue weighted by atomic mass is 10.0. The number of likely N-dealkylation sites (tertiary alicyclic amines) is 1. The fraction of sp³-hybridized carbons (Fsp3) is 0.364. The van der Waals surface area contributed by atoms with Gasteiger partial charge in [0.05, 0.1) is 17.2 Å². The number of hydrogen-bond donors (Lipinski definition) is 1. The zero-order valence-electron chi connectivity index (χ0n) is 16.8. The quantitative estimate of drug-likeness (QED) is 0.739. The summed E-state index contributed by atoms with van der Waals surface area (Å²) in [5.74, 6) is 0.826. The van der Waals surface area contributed by atoms with Gasteiger partial charge >= 0.3 is 0 Å². The first-order chi connectivity index (χ1) is 14.0. The topological polar surface area (TPSA) is 80.1 Å². The molecule has 0 unspecified atom stereocenters. The number of aromatic nitrogens is 3. The number of rotatable bonds is 4. The van der Waals surface area contributed by atoms with Gasteiger partial charge in [-0.15, -0.1) is 0 Å². The molecule has 7 heteroatoms. The van der Waals surface area contributed by atoms with Crippen LogP contribution < -0.4 is 10.9 Å². The van der Waals surface area contributed by atoms with Gasteiger partial charge in [0.25, 0.3) is 5.56 Å². The molecular weight excluding hydrogens is 366 g/mol. The van der Waals surface area contributed by atoms with Gasteiger partial charge in [-0.3, -0.25) is 14.2 Å². The fourth-order valence-electron chi connectivity index (χ4n) is 3.80. The summed E-state index contributed by atoms with van der Waals surface area (Å²) in [4.78, 5) is 36.1. The second kappa shape index (κ2) is 8.03. The first-order valence-electron chi connectivity index (χ1n) is 9.94. The molecule has 0 radical (unpaired) electrons. The van der Waals surface area contributed by atoms with Crippen molar-refractivity contribution in [3.63, 3.8) is 0 Å². The van der Waals surface area contributed by atoms with Crippen LogP contribution in [-0.2, 0) is 11.3 Å². The van der Waals surface area contributed by atoms with Crippen molar-refractivity contribution in [3.05, 3.63) is 64.3 Å². The molecule has 0 saturated carbocycles. The molecule has 1 aliphatic rings. The highest BCUT2D eigenvalue weighted by Crippen LogP contribution is 2.16. The van der Waals surface area contributed by atoms with Crippen LogP contribution in [0.25, 0.3) is 10.9 Å². The lowest BCUT2D eigenvalue weighted by Gasteiger charge is -2.32. The summed E-state index contributed by atoms with van der Waals surface area (Å²) < 4.78 is 1.41. The fourth-order valence-corrected chi connectivity index (χ4v) is 3.80. The second-order valence-electron chi connectivity index (χ2n) is 7.61. The first kappa shape index (κ1) is 19.1. The van der Waals surface area contributed by atoms with Crippen molar-refractivity contribution in [2.75, 3.05) is 18.4 Å². The number of fused-ring (bicyclic) bond motifs is 1. The average Bonchev–Trinajstić information content (AvgIpc) is 2.71.